The lowest BCUT2D eigenvalue weighted by molar-refractivity contribution is -0.0523. The Morgan fingerprint density at radius 1 is 1.19 bits per heavy atom. The fourth-order valence-electron chi connectivity index (χ4n) is 4.23. The molecule has 1 aliphatic rings. The number of hydrogen-bond donors (Lipinski definition) is 2. The van der Waals surface area contributed by atoms with Gasteiger partial charge >= 0.3 is 12.6 Å². The van der Waals surface area contributed by atoms with Gasteiger partial charge in [-0.2, -0.15) is 8.78 Å². The first-order valence-electron chi connectivity index (χ1n) is 11.0. The number of carbonyl (C=O) groups is 1. The van der Waals surface area contributed by atoms with Gasteiger partial charge < -0.3 is 15.2 Å². The van der Waals surface area contributed by atoms with Gasteiger partial charge in [0.2, 0.25) is 5.88 Å². The van der Waals surface area contributed by atoms with Crippen LogP contribution in [0.1, 0.15) is 56.7 Å². The van der Waals surface area contributed by atoms with E-state index in [1.165, 1.54) is 6.07 Å². The van der Waals surface area contributed by atoms with Gasteiger partial charge in [-0.25, -0.2) is 9.78 Å². The zero-order valence-corrected chi connectivity index (χ0v) is 18.7. The summed E-state index contributed by atoms with van der Waals surface area (Å²) in [4.78, 5) is 19.3. The van der Waals surface area contributed by atoms with E-state index in [4.69, 9.17) is 0 Å². The Labute approximate surface area is 187 Å². The van der Waals surface area contributed by atoms with Crippen LogP contribution in [0.2, 0.25) is 0 Å². The summed E-state index contributed by atoms with van der Waals surface area (Å²) >= 11 is 0. The van der Waals surface area contributed by atoms with Crippen LogP contribution in [0.25, 0.3) is 0 Å². The summed E-state index contributed by atoms with van der Waals surface area (Å²) in [5.74, 6) is 0.118. The predicted octanol–water partition coefficient (Wildman–Crippen LogP) is 5.70. The average Bonchev–Trinajstić information content (AvgIpc) is 2.76. The van der Waals surface area contributed by atoms with Crippen molar-refractivity contribution < 1.29 is 23.4 Å². The summed E-state index contributed by atoms with van der Waals surface area (Å²) in [7, 11) is 0. The van der Waals surface area contributed by atoms with Crippen LogP contribution in [0, 0.1) is 12.8 Å². The molecular formula is C24H31F2N3O3. The Morgan fingerprint density at radius 3 is 2.50 bits per heavy atom. The second-order valence-electron chi connectivity index (χ2n) is 8.55. The van der Waals surface area contributed by atoms with Gasteiger partial charge in [-0.05, 0) is 68.2 Å². The number of aromatic nitrogens is 1. The van der Waals surface area contributed by atoms with Crippen LogP contribution in [0.15, 0.2) is 36.4 Å². The van der Waals surface area contributed by atoms with Crippen molar-refractivity contribution in [3.05, 3.63) is 47.7 Å². The second kappa shape index (κ2) is 10.7. The summed E-state index contributed by atoms with van der Waals surface area (Å²) in [6.07, 6.45) is 3.14. The average molecular weight is 448 g/mol. The quantitative estimate of drug-likeness (QED) is 0.571. The Hall–Kier alpha value is -2.74. The third-order valence-corrected chi connectivity index (χ3v) is 5.92. The number of rotatable bonds is 7. The number of nitrogens with one attached hydrogen (secondary N) is 1. The Balaban J connectivity index is 1.95. The molecule has 2 N–H and O–H groups in total. The van der Waals surface area contributed by atoms with Gasteiger partial charge in [0.15, 0.2) is 0 Å². The number of benzene rings is 1. The number of aliphatic hydroxyl groups excluding tert-OH is 1. The van der Waals surface area contributed by atoms with Crippen LogP contribution < -0.4 is 15.0 Å². The number of halogens is 2. The number of pyridine rings is 1. The molecule has 174 valence electrons. The number of alkyl halides is 2. The Bertz CT molecular complexity index is 915. The highest BCUT2D eigenvalue weighted by Crippen LogP contribution is 2.35. The maximum atomic E-state index is 13.6. The van der Waals surface area contributed by atoms with E-state index in [2.05, 4.69) is 28.9 Å². The highest BCUT2D eigenvalue weighted by atomic mass is 19.3. The molecule has 1 aromatic heterocycles. The second-order valence-corrected chi connectivity index (χ2v) is 8.55. The topological polar surface area (TPSA) is 74.7 Å². The van der Waals surface area contributed by atoms with Gasteiger partial charge in [-0.15, -0.1) is 0 Å². The van der Waals surface area contributed by atoms with E-state index >= 15 is 0 Å². The molecule has 3 rings (SSSR count). The van der Waals surface area contributed by atoms with Gasteiger partial charge in [0.05, 0.1) is 0 Å². The zero-order chi connectivity index (χ0) is 23.3. The molecule has 0 bridgehead atoms. The van der Waals surface area contributed by atoms with Crippen LogP contribution in [-0.4, -0.2) is 35.4 Å². The van der Waals surface area contributed by atoms with Crippen molar-refractivity contribution in [2.45, 2.75) is 65.0 Å². The van der Waals surface area contributed by atoms with E-state index in [9.17, 15) is 18.7 Å². The number of anilines is 2. The van der Waals surface area contributed by atoms with Crippen molar-refractivity contribution in [2.24, 2.45) is 5.92 Å². The molecule has 0 unspecified atom stereocenters. The summed E-state index contributed by atoms with van der Waals surface area (Å²) < 4.78 is 30.3. The van der Waals surface area contributed by atoms with Gasteiger partial charge in [-0.3, -0.25) is 4.90 Å². The monoisotopic (exact) mass is 447 g/mol. The normalized spacial score (nSPS) is 18.6. The summed E-state index contributed by atoms with van der Waals surface area (Å²) in [5, 5.41) is 12.3. The minimum Gasteiger partial charge on any atom is -0.415 e. The lowest BCUT2D eigenvalue weighted by Gasteiger charge is -2.38. The fourth-order valence-corrected chi connectivity index (χ4v) is 4.23. The molecule has 0 radical (unpaired) electrons. The molecule has 0 saturated heterocycles. The van der Waals surface area contributed by atoms with Crippen molar-refractivity contribution in [3.8, 4) is 5.88 Å². The number of amides is 2. The first kappa shape index (κ1) is 23.9. The standard InChI is InChI=1S/C24H31F2N3O3/c1-15(2)19-6-4-5-7-21(19)29(18-11-9-17(14-30)10-12-18)24(31)28-20-13-8-16(3)27-22(20)32-23(25)26/h4-8,13,15,17-18,23,30H,9-12,14H2,1-3H3,(H,28,31). The molecule has 0 aliphatic heterocycles. The minimum absolute atomic E-state index is 0.0735. The van der Waals surface area contributed by atoms with Crippen LogP contribution in [0.4, 0.5) is 25.0 Å². The number of nitrogens with zero attached hydrogens (tertiary/aromatic N) is 2. The first-order chi connectivity index (χ1) is 15.3. The summed E-state index contributed by atoms with van der Waals surface area (Å²) in [6, 6.07) is 10.4. The Kier molecular flexibility index (Phi) is 8.01. The molecule has 6 nitrogen and oxygen atoms in total. The molecule has 1 heterocycles. The number of ether oxygens (including phenoxy) is 1. The van der Waals surface area contributed by atoms with Crippen LogP contribution >= 0.6 is 0 Å². The molecule has 2 aromatic rings. The largest absolute Gasteiger partial charge is 0.415 e. The van der Waals surface area contributed by atoms with E-state index in [1.807, 2.05) is 24.3 Å². The molecule has 1 aliphatic carbocycles. The molecular weight excluding hydrogens is 416 g/mol. The van der Waals surface area contributed by atoms with Gasteiger partial charge in [-0.1, -0.05) is 32.0 Å². The predicted molar refractivity (Wildman–Crippen MR) is 120 cm³/mol. The lowest BCUT2D eigenvalue weighted by Crippen LogP contribution is -2.45. The molecule has 0 atom stereocenters. The molecule has 32 heavy (non-hydrogen) atoms. The van der Waals surface area contributed by atoms with Gasteiger partial charge in [0.1, 0.15) is 5.69 Å². The highest BCUT2D eigenvalue weighted by Gasteiger charge is 2.32. The van der Waals surface area contributed by atoms with Crippen LogP contribution in [0.3, 0.4) is 0 Å². The maximum Gasteiger partial charge on any atom is 0.388 e. The van der Waals surface area contributed by atoms with Crippen LogP contribution in [0.5, 0.6) is 5.88 Å². The number of carbonyl (C=O) groups excluding carboxylic acids is 1. The Morgan fingerprint density at radius 2 is 1.88 bits per heavy atom. The van der Waals surface area contributed by atoms with E-state index in [0.29, 0.717) is 5.69 Å². The number of aliphatic hydroxyl groups is 1. The maximum absolute atomic E-state index is 13.6. The first-order valence-corrected chi connectivity index (χ1v) is 11.0. The summed E-state index contributed by atoms with van der Waals surface area (Å²) in [6.45, 7) is 2.89. The van der Waals surface area contributed by atoms with E-state index in [-0.39, 0.29) is 36.1 Å². The molecule has 1 fully saturated rings. The third-order valence-electron chi connectivity index (χ3n) is 5.92. The van der Waals surface area contributed by atoms with Crippen molar-refractivity contribution in [2.75, 3.05) is 16.8 Å². The van der Waals surface area contributed by atoms with Crippen molar-refractivity contribution in [3.63, 3.8) is 0 Å². The van der Waals surface area contributed by atoms with E-state index in [0.717, 1.165) is 36.9 Å². The molecule has 1 aromatic carbocycles. The van der Waals surface area contributed by atoms with Gasteiger partial charge in [0.25, 0.3) is 0 Å². The van der Waals surface area contributed by atoms with E-state index in [1.54, 1.807) is 17.9 Å². The highest BCUT2D eigenvalue weighted by molar-refractivity contribution is 6.03. The number of urea groups is 1. The van der Waals surface area contributed by atoms with Crippen LogP contribution in [-0.2, 0) is 0 Å². The SMILES string of the molecule is Cc1ccc(NC(=O)N(c2ccccc2C(C)C)C2CCC(CO)CC2)c(OC(F)F)n1. The smallest absolute Gasteiger partial charge is 0.388 e. The number of aryl methyl sites for hydroxylation is 1. The van der Waals surface area contributed by atoms with E-state index < -0.39 is 12.6 Å². The number of para-hydroxylation sites is 1. The lowest BCUT2D eigenvalue weighted by atomic mass is 9.85. The minimum atomic E-state index is -3.05. The molecule has 8 heteroatoms. The van der Waals surface area contributed by atoms with Gasteiger partial charge in [0, 0.05) is 24.0 Å². The molecule has 0 spiro atoms. The fraction of sp³-hybridized carbons (Fsp3) is 0.500. The zero-order valence-electron chi connectivity index (χ0n) is 18.7. The molecule has 2 amide bonds. The van der Waals surface area contributed by atoms with Crippen molar-refractivity contribution >= 4 is 17.4 Å². The van der Waals surface area contributed by atoms with Crippen molar-refractivity contribution in [1.82, 2.24) is 4.98 Å². The molecule has 1 saturated carbocycles. The third kappa shape index (κ3) is 5.73. The number of hydrogen-bond acceptors (Lipinski definition) is 4. The van der Waals surface area contributed by atoms with Crippen molar-refractivity contribution in [1.29, 1.82) is 0 Å². The summed E-state index contributed by atoms with van der Waals surface area (Å²) in [5.41, 5.74) is 2.42.